The molecular formula is C74H143NO5. The predicted octanol–water partition coefficient (Wildman–Crippen LogP) is 23.7. The summed E-state index contributed by atoms with van der Waals surface area (Å²) in [5.74, 6) is -0.0502. The number of nitrogens with one attached hydrogen (secondary N) is 1. The van der Waals surface area contributed by atoms with E-state index in [1.54, 1.807) is 6.08 Å². The molecule has 0 rings (SSSR count). The normalized spacial score (nSPS) is 12.6. The highest BCUT2D eigenvalue weighted by atomic mass is 16.5. The van der Waals surface area contributed by atoms with Crippen LogP contribution in [-0.4, -0.2) is 47.4 Å². The molecule has 0 aliphatic heterocycles. The van der Waals surface area contributed by atoms with E-state index in [0.29, 0.717) is 19.4 Å². The molecule has 0 aromatic rings. The second kappa shape index (κ2) is 69.8. The molecule has 80 heavy (non-hydrogen) atoms. The number of aliphatic hydroxyl groups is 2. The minimum atomic E-state index is -0.848. The largest absolute Gasteiger partial charge is 0.466 e. The topological polar surface area (TPSA) is 95.9 Å². The molecule has 6 heteroatoms. The monoisotopic (exact) mass is 1130 g/mol. The Hall–Kier alpha value is -1.66. The number of aliphatic hydroxyl groups excluding tert-OH is 2. The summed E-state index contributed by atoms with van der Waals surface area (Å²) in [6.45, 7) is 4.95. The zero-order chi connectivity index (χ0) is 57.8. The molecule has 2 atom stereocenters. The Labute approximate surface area is 501 Å². The van der Waals surface area contributed by atoms with Crippen LogP contribution in [0.4, 0.5) is 0 Å². The van der Waals surface area contributed by atoms with Gasteiger partial charge in [-0.05, 0) is 57.8 Å². The number of hydrogen-bond donors (Lipinski definition) is 3. The molecule has 0 heterocycles. The zero-order valence-electron chi connectivity index (χ0n) is 54.3. The number of carbonyl (C=O) groups excluding carboxylic acids is 2. The Morgan fingerprint density at radius 3 is 0.887 bits per heavy atom. The lowest BCUT2D eigenvalue weighted by molar-refractivity contribution is -0.143. The number of allylic oxidation sites excluding steroid dienone is 3. The first-order chi connectivity index (χ1) is 39.5. The first kappa shape index (κ1) is 78.3. The zero-order valence-corrected chi connectivity index (χ0v) is 54.3. The van der Waals surface area contributed by atoms with Crippen molar-refractivity contribution in [2.75, 3.05) is 13.2 Å². The van der Waals surface area contributed by atoms with E-state index in [1.807, 2.05) is 6.08 Å². The molecule has 0 bridgehead atoms. The van der Waals surface area contributed by atoms with Crippen LogP contribution in [-0.2, 0) is 14.3 Å². The van der Waals surface area contributed by atoms with E-state index in [2.05, 4.69) is 31.3 Å². The molecule has 3 N–H and O–H groups in total. The van der Waals surface area contributed by atoms with Crippen molar-refractivity contribution < 1.29 is 24.5 Å². The molecule has 0 aromatic carbocycles. The van der Waals surface area contributed by atoms with Crippen LogP contribution in [0.3, 0.4) is 0 Å². The Morgan fingerprint density at radius 1 is 0.338 bits per heavy atom. The Morgan fingerprint density at radius 2 is 0.588 bits per heavy atom. The van der Waals surface area contributed by atoms with Gasteiger partial charge in [-0.25, -0.2) is 0 Å². The van der Waals surface area contributed by atoms with Crippen LogP contribution < -0.4 is 5.32 Å². The third-order valence-electron chi connectivity index (χ3n) is 17.2. The van der Waals surface area contributed by atoms with Crippen molar-refractivity contribution >= 4 is 11.9 Å². The maximum Gasteiger partial charge on any atom is 0.305 e. The number of rotatable bonds is 69. The molecule has 0 radical (unpaired) electrons. The highest BCUT2D eigenvalue weighted by Gasteiger charge is 2.18. The first-order valence-corrected chi connectivity index (χ1v) is 36.6. The molecule has 0 aliphatic carbocycles. The minimum absolute atomic E-state index is 0.0162. The molecule has 0 fully saturated rings. The van der Waals surface area contributed by atoms with Crippen LogP contribution in [0.5, 0.6) is 0 Å². The van der Waals surface area contributed by atoms with Gasteiger partial charge in [0, 0.05) is 12.8 Å². The molecule has 474 valence electrons. The Kier molecular flexibility index (Phi) is 68.4. The number of ether oxygens (including phenoxy) is 1. The quantitative estimate of drug-likeness (QED) is 0.0320. The molecule has 0 aliphatic rings. The maximum atomic E-state index is 12.5. The third-order valence-corrected chi connectivity index (χ3v) is 17.2. The minimum Gasteiger partial charge on any atom is -0.466 e. The summed E-state index contributed by atoms with van der Waals surface area (Å²) >= 11 is 0. The van der Waals surface area contributed by atoms with Gasteiger partial charge in [0.05, 0.1) is 25.4 Å². The average molecular weight is 1130 g/mol. The van der Waals surface area contributed by atoms with Crippen molar-refractivity contribution in [1.29, 1.82) is 0 Å². The number of esters is 1. The van der Waals surface area contributed by atoms with Gasteiger partial charge in [0.1, 0.15) is 0 Å². The highest BCUT2D eigenvalue weighted by Crippen LogP contribution is 2.19. The predicted molar refractivity (Wildman–Crippen MR) is 352 cm³/mol. The van der Waals surface area contributed by atoms with Gasteiger partial charge in [0.2, 0.25) is 5.91 Å². The molecule has 2 unspecified atom stereocenters. The van der Waals surface area contributed by atoms with E-state index >= 15 is 0 Å². The summed E-state index contributed by atoms with van der Waals surface area (Å²) in [6, 6.07) is -0.631. The van der Waals surface area contributed by atoms with Gasteiger partial charge in [0.15, 0.2) is 0 Å². The molecule has 6 nitrogen and oxygen atoms in total. The van der Waals surface area contributed by atoms with Gasteiger partial charge in [-0.2, -0.15) is 0 Å². The van der Waals surface area contributed by atoms with Gasteiger partial charge < -0.3 is 20.3 Å². The highest BCUT2D eigenvalue weighted by molar-refractivity contribution is 5.76. The fourth-order valence-electron chi connectivity index (χ4n) is 11.6. The summed E-state index contributed by atoms with van der Waals surface area (Å²) < 4.78 is 5.49. The number of unbranched alkanes of at least 4 members (excludes halogenated alkanes) is 56. The van der Waals surface area contributed by atoms with Crippen LogP contribution in [0.25, 0.3) is 0 Å². The fourth-order valence-corrected chi connectivity index (χ4v) is 11.6. The number of carbonyl (C=O) groups is 2. The summed E-state index contributed by atoms with van der Waals surface area (Å²) in [7, 11) is 0. The van der Waals surface area contributed by atoms with Gasteiger partial charge >= 0.3 is 5.97 Å². The van der Waals surface area contributed by atoms with Crippen LogP contribution in [0.15, 0.2) is 24.3 Å². The Bertz CT molecular complexity index is 1250. The summed E-state index contributed by atoms with van der Waals surface area (Å²) in [4.78, 5) is 24.6. The molecule has 0 saturated heterocycles. The standard InChI is InChI=1S/C74H143NO5/c1-3-5-7-9-11-13-15-17-19-20-21-22-23-27-30-33-36-39-42-46-50-54-58-62-66-72(77)71(70-76)75-73(78)67-63-59-55-51-47-43-40-37-34-31-28-25-24-26-29-32-35-38-41-45-49-53-57-61-65-69-80-74(79)68-64-60-56-52-48-44-18-16-14-12-10-8-6-4-2/h25,28,62,66,71-72,76-77H,3-24,26-27,29-61,63-65,67-70H2,1-2H3,(H,75,78)/b28-25-,66-62+. The van der Waals surface area contributed by atoms with Crippen LogP contribution >= 0.6 is 0 Å². The van der Waals surface area contributed by atoms with Crippen molar-refractivity contribution in [3.05, 3.63) is 24.3 Å². The SMILES string of the molecule is CCCCCCCCCCCCCCCCCCCCCCCC/C=C/C(O)C(CO)NC(=O)CCCCCCCCCCC/C=C\CCCCCCCCCCCCCCOC(=O)CCCCCCCCCCCCCCCC. The third kappa shape index (κ3) is 65.5. The van der Waals surface area contributed by atoms with Crippen molar-refractivity contribution in [1.82, 2.24) is 5.32 Å². The lowest BCUT2D eigenvalue weighted by Gasteiger charge is -2.20. The second-order valence-corrected chi connectivity index (χ2v) is 25.3. The first-order valence-electron chi connectivity index (χ1n) is 36.6. The molecular weight excluding hydrogens is 983 g/mol. The lowest BCUT2D eigenvalue weighted by atomic mass is 10.0. The van der Waals surface area contributed by atoms with E-state index in [4.69, 9.17) is 4.74 Å². The smallest absolute Gasteiger partial charge is 0.305 e. The number of amides is 1. The van der Waals surface area contributed by atoms with Gasteiger partial charge in [-0.1, -0.05) is 366 Å². The lowest BCUT2D eigenvalue weighted by Crippen LogP contribution is -2.45. The summed E-state index contributed by atoms with van der Waals surface area (Å²) in [5, 5.41) is 23.3. The average Bonchev–Trinajstić information content (AvgIpc) is 3.46. The van der Waals surface area contributed by atoms with Crippen molar-refractivity contribution in [2.24, 2.45) is 0 Å². The van der Waals surface area contributed by atoms with E-state index in [1.165, 1.54) is 347 Å². The van der Waals surface area contributed by atoms with Crippen molar-refractivity contribution in [2.45, 2.75) is 424 Å². The number of hydrogen-bond acceptors (Lipinski definition) is 5. The second-order valence-electron chi connectivity index (χ2n) is 25.3. The van der Waals surface area contributed by atoms with E-state index < -0.39 is 12.1 Å². The summed E-state index contributed by atoms with van der Waals surface area (Å²) in [5.41, 5.74) is 0. The van der Waals surface area contributed by atoms with E-state index in [9.17, 15) is 19.8 Å². The van der Waals surface area contributed by atoms with Gasteiger partial charge in [-0.15, -0.1) is 0 Å². The van der Waals surface area contributed by atoms with Crippen molar-refractivity contribution in [3.63, 3.8) is 0 Å². The van der Waals surface area contributed by atoms with Crippen LogP contribution in [0.2, 0.25) is 0 Å². The van der Waals surface area contributed by atoms with E-state index in [-0.39, 0.29) is 18.5 Å². The van der Waals surface area contributed by atoms with Crippen LogP contribution in [0, 0.1) is 0 Å². The molecule has 1 amide bonds. The van der Waals surface area contributed by atoms with Gasteiger partial charge in [0.25, 0.3) is 0 Å². The van der Waals surface area contributed by atoms with E-state index in [0.717, 1.165) is 38.5 Å². The Balaban J connectivity index is 3.42. The molecule has 0 spiro atoms. The van der Waals surface area contributed by atoms with Crippen LogP contribution in [0.1, 0.15) is 412 Å². The molecule has 0 saturated carbocycles. The maximum absolute atomic E-state index is 12.5. The molecule has 0 aromatic heterocycles. The summed E-state index contributed by atoms with van der Waals surface area (Å²) in [6.07, 6.45) is 88.4. The van der Waals surface area contributed by atoms with Crippen molar-refractivity contribution in [3.8, 4) is 0 Å². The fraction of sp³-hybridized carbons (Fsp3) is 0.919. The van der Waals surface area contributed by atoms with Gasteiger partial charge in [-0.3, -0.25) is 9.59 Å².